The standard InChI is InChI=1S/C12H15BrClNO2/c13-11-9-10(14)1-2-12(11)17-8-5-15-3-6-16-7-4-15/h1-2,9H,3-8H2/p+1. The first kappa shape index (κ1) is 13.1. The van der Waals surface area contributed by atoms with Gasteiger partial charge in [-0.3, -0.25) is 0 Å². The molecule has 17 heavy (non-hydrogen) atoms. The first-order valence-electron chi connectivity index (χ1n) is 5.75. The molecule has 5 heteroatoms. The minimum atomic E-state index is 0.711. The van der Waals surface area contributed by atoms with E-state index in [1.807, 2.05) is 18.2 Å². The summed E-state index contributed by atoms with van der Waals surface area (Å²) in [5.74, 6) is 0.849. The minimum absolute atomic E-state index is 0.711. The predicted octanol–water partition coefficient (Wildman–Crippen LogP) is 1.40. The summed E-state index contributed by atoms with van der Waals surface area (Å²) in [6.45, 7) is 5.60. The summed E-state index contributed by atoms with van der Waals surface area (Å²) in [7, 11) is 0. The molecule has 0 aliphatic carbocycles. The van der Waals surface area contributed by atoms with Crippen molar-refractivity contribution in [2.75, 3.05) is 39.5 Å². The Hall–Kier alpha value is -0.290. The van der Waals surface area contributed by atoms with Crippen molar-refractivity contribution in [3.63, 3.8) is 0 Å². The second-order valence-corrected chi connectivity index (χ2v) is 5.33. The molecule has 0 atom stereocenters. The van der Waals surface area contributed by atoms with E-state index in [-0.39, 0.29) is 0 Å². The summed E-state index contributed by atoms with van der Waals surface area (Å²) >= 11 is 9.31. The molecule has 0 amide bonds. The first-order valence-corrected chi connectivity index (χ1v) is 6.92. The Labute approximate surface area is 115 Å². The number of hydrogen-bond donors (Lipinski definition) is 1. The van der Waals surface area contributed by atoms with Gasteiger partial charge in [0.2, 0.25) is 0 Å². The van der Waals surface area contributed by atoms with Gasteiger partial charge in [-0.1, -0.05) is 11.6 Å². The average Bonchev–Trinajstić information content (AvgIpc) is 2.33. The Morgan fingerprint density at radius 2 is 2.12 bits per heavy atom. The number of rotatable bonds is 4. The van der Waals surface area contributed by atoms with Crippen LogP contribution in [-0.4, -0.2) is 39.5 Å². The Morgan fingerprint density at radius 1 is 1.35 bits per heavy atom. The largest absolute Gasteiger partial charge is 0.487 e. The van der Waals surface area contributed by atoms with Crippen molar-refractivity contribution in [2.24, 2.45) is 0 Å². The van der Waals surface area contributed by atoms with E-state index in [1.54, 1.807) is 4.90 Å². The third kappa shape index (κ3) is 4.14. The number of benzene rings is 1. The van der Waals surface area contributed by atoms with E-state index in [4.69, 9.17) is 21.1 Å². The molecule has 94 valence electrons. The zero-order chi connectivity index (χ0) is 12.1. The number of nitrogens with one attached hydrogen (secondary N) is 1. The fourth-order valence-electron chi connectivity index (χ4n) is 1.81. The van der Waals surface area contributed by atoms with E-state index in [0.717, 1.165) is 49.7 Å². The molecular formula is C12H16BrClNO2+. The third-order valence-corrected chi connectivity index (χ3v) is 3.66. The molecule has 1 heterocycles. The minimum Gasteiger partial charge on any atom is -0.487 e. The van der Waals surface area contributed by atoms with Crippen molar-refractivity contribution < 1.29 is 14.4 Å². The molecule has 1 saturated heterocycles. The van der Waals surface area contributed by atoms with E-state index in [1.165, 1.54) is 0 Å². The highest BCUT2D eigenvalue weighted by atomic mass is 79.9. The highest BCUT2D eigenvalue weighted by molar-refractivity contribution is 9.10. The summed E-state index contributed by atoms with van der Waals surface area (Å²) in [4.78, 5) is 1.54. The van der Waals surface area contributed by atoms with Crippen LogP contribution < -0.4 is 9.64 Å². The maximum atomic E-state index is 5.87. The maximum absolute atomic E-state index is 5.87. The monoisotopic (exact) mass is 320 g/mol. The van der Waals surface area contributed by atoms with Crippen molar-refractivity contribution in [3.05, 3.63) is 27.7 Å². The Balaban J connectivity index is 1.77. The van der Waals surface area contributed by atoms with Crippen LogP contribution in [0.1, 0.15) is 0 Å². The van der Waals surface area contributed by atoms with Gasteiger partial charge < -0.3 is 14.4 Å². The summed E-state index contributed by atoms with van der Waals surface area (Å²) < 4.78 is 11.9. The molecule has 0 saturated carbocycles. The van der Waals surface area contributed by atoms with Crippen LogP contribution >= 0.6 is 27.5 Å². The lowest BCUT2D eigenvalue weighted by Gasteiger charge is -2.23. The van der Waals surface area contributed by atoms with Gasteiger partial charge >= 0.3 is 0 Å². The Morgan fingerprint density at radius 3 is 2.82 bits per heavy atom. The molecule has 0 unspecified atom stereocenters. The fourth-order valence-corrected chi connectivity index (χ4v) is 2.60. The predicted molar refractivity (Wildman–Crippen MR) is 71.0 cm³/mol. The topological polar surface area (TPSA) is 22.9 Å². The van der Waals surface area contributed by atoms with Crippen LogP contribution in [0.15, 0.2) is 22.7 Å². The van der Waals surface area contributed by atoms with Gasteiger partial charge in [-0.05, 0) is 34.1 Å². The summed E-state index contributed by atoms with van der Waals surface area (Å²) in [5, 5.41) is 0.711. The smallest absolute Gasteiger partial charge is 0.137 e. The number of quaternary nitrogens is 1. The molecule has 1 aliphatic heterocycles. The number of halogens is 2. The molecule has 0 aromatic heterocycles. The number of ether oxygens (including phenoxy) is 2. The first-order chi connectivity index (χ1) is 8.25. The SMILES string of the molecule is Clc1ccc(OCC[NH+]2CCOCC2)c(Br)c1. The van der Waals surface area contributed by atoms with Crippen LogP contribution in [0.5, 0.6) is 5.75 Å². The van der Waals surface area contributed by atoms with Gasteiger partial charge in [-0.2, -0.15) is 0 Å². The van der Waals surface area contributed by atoms with E-state index in [2.05, 4.69) is 15.9 Å². The molecule has 1 aliphatic rings. The summed E-state index contributed by atoms with van der Waals surface area (Å²) in [6, 6.07) is 5.57. The number of morpholine rings is 1. The normalized spacial score (nSPS) is 17.1. The maximum Gasteiger partial charge on any atom is 0.137 e. The van der Waals surface area contributed by atoms with Crippen LogP contribution in [-0.2, 0) is 4.74 Å². The summed E-state index contributed by atoms with van der Waals surface area (Å²) in [5.41, 5.74) is 0. The fraction of sp³-hybridized carbons (Fsp3) is 0.500. The van der Waals surface area contributed by atoms with Gasteiger partial charge in [0.05, 0.1) is 17.7 Å². The van der Waals surface area contributed by atoms with Crippen LogP contribution in [0.25, 0.3) is 0 Å². The third-order valence-electron chi connectivity index (χ3n) is 2.81. The highest BCUT2D eigenvalue weighted by Gasteiger charge is 2.13. The lowest BCUT2D eigenvalue weighted by molar-refractivity contribution is -0.908. The zero-order valence-electron chi connectivity index (χ0n) is 9.55. The molecule has 1 fully saturated rings. The molecular weight excluding hydrogens is 305 g/mol. The molecule has 0 spiro atoms. The molecule has 1 N–H and O–H groups in total. The van der Waals surface area contributed by atoms with Gasteiger partial charge in [0.25, 0.3) is 0 Å². The lowest BCUT2D eigenvalue weighted by Crippen LogP contribution is -3.14. The van der Waals surface area contributed by atoms with Gasteiger partial charge in [0.15, 0.2) is 0 Å². The molecule has 1 aromatic rings. The molecule has 0 bridgehead atoms. The number of hydrogen-bond acceptors (Lipinski definition) is 2. The van der Waals surface area contributed by atoms with Crippen LogP contribution in [0.3, 0.4) is 0 Å². The summed E-state index contributed by atoms with van der Waals surface area (Å²) in [6.07, 6.45) is 0. The highest BCUT2D eigenvalue weighted by Crippen LogP contribution is 2.27. The van der Waals surface area contributed by atoms with Gasteiger partial charge in [-0.15, -0.1) is 0 Å². The van der Waals surface area contributed by atoms with Gasteiger partial charge in [0.1, 0.15) is 32.0 Å². The quantitative estimate of drug-likeness (QED) is 0.906. The van der Waals surface area contributed by atoms with Crippen LogP contribution in [0.4, 0.5) is 0 Å². The van der Waals surface area contributed by atoms with Crippen molar-refractivity contribution in [1.82, 2.24) is 0 Å². The second-order valence-electron chi connectivity index (χ2n) is 4.04. The van der Waals surface area contributed by atoms with Gasteiger partial charge in [0, 0.05) is 5.02 Å². The van der Waals surface area contributed by atoms with Crippen molar-refractivity contribution in [2.45, 2.75) is 0 Å². The molecule has 1 aromatic carbocycles. The van der Waals surface area contributed by atoms with Gasteiger partial charge in [-0.25, -0.2) is 0 Å². The van der Waals surface area contributed by atoms with E-state index < -0.39 is 0 Å². The van der Waals surface area contributed by atoms with Crippen molar-refractivity contribution >= 4 is 27.5 Å². The molecule has 2 rings (SSSR count). The van der Waals surface area contributed by atoms with Crippen molar-refractivity contribution in [3.8, 4) is 5.75 Å². The Kier molecular flexibility index (Phi) is 5.10. The molecule has 0 radical (unpaired) electrons. The van der Waals surface area contributed by atoms with E-state index in [9.17, 15) is 0 Å². The van der Waals surface area contributed by atoms with Crippen LogP contribution in [0, 0.1) is 0 Å². The second kappa shape index (κ2) is 6.59. The Bertz CT molecular complexity index is 370. The average molecular weight is 322 g/mol. The van der Waals surface area contributed by atoms with E-state index in [0.29, 0.717) is 5.02 Å². The van der Waals surface area contributed by atoms with Crippen molar-refractivity contribution in [1.29, 1.82) is 0 Å². The van der Waals surface area contributed by atoms with Crippen LogP contribution in [0.2, 0.25) is 5.02 Å². The lowest BCUT2D eigenvalue weighted by atomic mass is 10.3. The zero-order valence-corrected chi connectivity index (χ0v) is 11.9. The van der Waals surface area contributed by atoms with E-state index >= 15 is 0 Å². The molecule has 3 nitrogen and oxygen atoms in total.